The van der Waals surface area contributed by atoms with Crippen molar-refractivity contribution in [1.29, 1.82) is 0 Å². The SMILES string of the molecule is CCCCCCC.CCCOc1ccc(C(=O)c2c(-c3ccc(O)cc3)oc3cc(-c4ccc(O)cc4)ccc23)cc1. The van der Waals surface area contributed by atoms with Crippen LogP contribution in [0.25, 0.3) is 33.4 Å². The lowest BCUT2D eigenvalue weighted by atomic mass is 9.96. The van der Waals surface area contributed by atoms with E-state index < -0.39 is 0 Å². The summed E-state index contributed by atoms with van der Waals surface area (Å²) in [7, 11) is 0. The minimum absolute atomic E-state index is 0.134. The number of phenolic OH excluding ortho intramolecular Hbond substituents is 2. The average Bonchev–Trinajstić information content (AvgIpc) is 3.40. The number of aromatic hydroxyl groups is 2. The van der Waals surface area contributed by atoms with E-state index in [-0.39, 0.29) is 17.3 Å². The summed E-state index contributed by atoms with van der Waals surface area (Å²) in [6, 6.07) is 26.3. The standard InChI is InChI=1S/C30H24O5.C7H16/c1-2-17-34-25-14-7-20(8-15-25)29(33)28-26-16-9-22(19-3-10-23(31)11-4-19)18-27(26)35-30(28)21-5-12-24(32)13-6-21;1-3-5-7-6-4-2/h3-16,18,31-32H,2,17H2,1H3;3-7H2,1-2H3. The van der Waals surface area contributed by atoms with Gasteiger partial charge in [0.25, 0.3) is 0 Å². The van der Waals surface area contributed by atoms with Gasteiger partial charge in [0, 0.05) is 16.5 Å². The normalized spacial score (nSPS) is 10.7. The quantitative estimate of drug-likeness (QED) is 0.123. The summed E-state index contributed by atoms with van der Waals surface area (Å²) in [6.07, 6.45) is 7.92. The molecule has 0 unspecified atom stereocenters. The van der Waals surface area contributed by atoms with Crippen LogP contribution in [0.2, 0.25) is 0 Å². The van der Waals surface area contributed by atoms with Crippen molar-refractivity contribution in [2.75, 3.05) is 6.61 Å². The van der Waals surface area contributed by atoms with E-state index in [2.05, 4.69) is 13.8 Å². The third-order valence-corrected chi connectivity index (χ3v) is 7.04. The highest BCUT2D eigenvalue weighted by Crippen LogP contribution is 2.38. The van der Waals surface area contributed by atoms with Crippen LogP contribution in [0.3, 0.4) is 0 Å². The van der Waals surface area contributed by atoms with Gasteiger partial charge in [0.05, 0.1) is 12.2 Å². The van der Waals surface area contributed by atoms with E-state index in [0.29, 0.717) is 40.0 Å². The van der Waals surface area contributed by atoms with Crippen molar-refractivity contribution >= 4 is 16.8 Å². The smallest absolute Gasteiger partial charge is 0.197 e. The third kappa shape index (κ3) is 7.61. The van der Waals surface area contributed by atoms with Crippen LogP contribution in [-0.2, 0) is 0 Å². The van der Waals surface area contributed by atoms with E-state index in [0.717, 1.165) is 23.3 Å². The molecule has 2 N–H and O–H groups in total. The summed E-state index contributed by atoms with van der Waals surface area (Å²) in [5.41, 5.74) is 4.08. The highest BCUT2D eigenvalue weighted by Gasteiger charge is 2.24. The Morgan fingerprint density at radius 2 is 1.24 bits per heavy atom. The van der Waals surface area contributed by atoms with Gasteiger partial charge in [-0.1, -0.05) is 71.1 Å². The lowest BCUT2D eigenvalue weighted by Gasteiger charge is -2.07. The number of rotatable bonds is 11. The predicted octanol–water partition coefficient (Wildman–Crippen LogP) is 10.2. The Balaban J connectivity index is 0.000000517. The van der Waals surface area contributed by atoms with Crippen molar-refractivity contribution in [3.05, 3.63) is 102 Å². The number of benzene rings is 4. The molecule has 0 amide bonds. The molecular weight excluding hydrogens is 524 g/mol. The molecule has 4 aromatic carbocycles. The number of carbonyl (C=O) groups excluding carboxylic acids is 1. The summed E-state index contributed by atoms with van der Waals surface area (Å²) in [4.78, 5) is 13.7. The molecule has 218 valence electrons. The molecule has 1 heterocycles. The van der Waals surface area contributed by atoms with E-state index in [4.69, 9.17) is 9.15 Å². The number of unbranched alkanes of at least 4 members (excludes halogenated alkanes) is 4. The van der Waals surface area contributed by atoms with Crippen LogP contribution < -0.4 is 4.74 Å². The monoisotopic (exact) mass is 564 g/mol. The van der Waals surface area contributed by atoms with Crippen molar-refractivity contribution in [1.82, 2.24) is 0 Å². The maximum absolute atomic E-state index is 13.7. The number of hydrogen-bond donors (Lipinski definition) is 2. The fraction of sp³-hybridized carbons (Fsp3) is 0.270. The van der Waals surface area contributed by atoms with E-state index in [1.807, 2.05) is 37.3 Å². The molecule has 1 aromatic heterocycles. The number of phenols is 2. The van der Waals surface area contributed by atoms with Gasteiger partial charge in [0.2, 0.25) is 0 Å². The Morgan fingerprint density at radius 3 is 1.81 bits per heavy atom. The molecule has 0 aliphatic carbocycles. The Kier molecular flexibility index (Phi) is 10.8. The number of ether oxygens (including phenoxy) is 1. The number of ketones is 1. The molecule has 0 atom stereocenters. The van der Waals surface area contributed by atoms with E-state index in [1.165, 1.54) is 32.1 Å². The number of furan rings is 1. The molecule has 0 radical (unpaired) electrons. The molecule has 42 heavy (non-hydrogen) atoms. The highest BCUT2D eigenvalue weighted by atomic mass is 16.5. The Morgan fingerprint density at radius 1 is 0.667 bits per heavy atom. The maximum atomic E-state index is 13.7. The van der Waals surface area contributed by atoms with E-state index >= 15 is 0 Å². The van der Waals surface area contributed by atoms with Gasteiger partial charge in [-0.25, -0.2) is 0 Å². The first-order valence-electron chi connectivity index (χ1n) is 14.9. The molecule has 5 rings (SSSR count). The molecule has 0 aliphatic rings. The first-order valence-corrected chi connectivity index (χ1v) is 14.9. The second-order valence-corrected chi connectivity index (χ2v) is 10.4. The molecule has 0 spiro atoms. The van der Waals surface area contributed by atoms with Gasteiger partial charge in [-0.2, -0.15) is 0 Å². The minimum Gasteiger partial charge on any atom is -0.508 e. The van der Waals surface area contributed by atoms with Crippen LogP contribution >= 0.6 is 0 Å². The lowest BCUT2D eigenvalue weighted by molar-refractivity contribution is 0.104. The zero-order valence-corrected chi connectivity index (χ0v) is 24.7. The van der Waals surface area contributed by atoms with Crippen LogP contribution in [0.4, 0.5) is 0 Å². The molecule has 0 saturated heterocycles. The fourth-order valence-corrected chi connectivity index (χ4v) is 4.72. The van der Waals surface area contributed by atoms with E-state index in [1.54, 1.807) is 60.7 Å². The van der Waals surface area contributed by atoms with Gasteiger partial charge in [-0.05, 0) is 90.3 Å². The van der Waals surface area contributed by atoms with Crippen molar-refractivity contribution in [3.63, 3.8) is 0 Å². The summed E-state index contributed by atoms with van der Waals surface area (Å²) >= 11 is 0. The van der Waals surface area contributed by atoms with Crippen molar-refractivity contribution in [2.45, 2.75) is 59.3 Å². The number of hydrogen-bond acceptors (Lipinski definition) is 5. The minimum atomic E-state index is -0.161. The van der Waals surface area contributed by atoms with Gasteiger partial charge in [-0.15, -0.1) is 0 Å². The zero-order valence-electron chi connectivity index (χ0n) is 24.7. The van der Waals surface area contributed by atoms with Crippen LogP contribution in [0.5, 0.6) is 17.2 Å². The molecule has 0 aliphatic heterocycles. The van der Waals surface area contributed by atoms with E-state index in [9.17, 15) is 15.0 Å². The summed E-state index contributed by atoms with van der Waals surface area (Å²) in [6.45, 7) is 7.15. The zero-order chi connectivity index (χ0) is 29.9. The topological polar surface area (TPSA) is 79.9 Å². The molecule has 5 heteroatoms. The highest BCUT2D eigenvalue weighted by molar-refractivity contribution is 6.19. The second kappa shape index (κ2) is 14.9. The maximum Gasteiger partial charge on any atom is 0.197 e. The lowest BCUT2D eigenvalue weighted by Crippen LogP contribution is -2.03. The number of carbonyl (C=O) groups is 1. The molecule has 0 fully saturated rings. The summed E-state index contributed by atoms with van der Waals surface area (Å²) in [5, 5.41) is 20.1. The van der Waals surface area contributed by atoms with Gasteiger partial charge in [-0.3, -0.25) is 4.79 Å². The van der Waals surface area contributed by atoms with Crippen LogP contribution in [0.1, 0.15) is 75.2 Å². The molecular formula is C37H40O5. The third-order valence-electron chi connectivity index (χ3n) is 7.04. The Labute approximate surface area is 248 Å². The molecule has 0 saturated carbocycles. The molecule has 5 nitrogen and oxygen atoms in total. The largest absolute Gasteiger partial charge is 0.508 e. The van der Waals surface area contributed by atoms with Gasteiger partial charge in [0.15, 0.2) is 5.78 Å². The van der Waals surface area contributed by atoms with Gasteiger partial charge in [0.1, 0.15) is 28.6 Å². The second-order valence-electron chi connectivity index (χ2n) is 10.4. The van der Waals surface area contributed by atoms with Crippen molar-refractivity contribution in [2.24, 2.45) is 0 Å². The number of fused-ring (bicyclic) bond motifs is 1. The fourth-order valence-electron chi connectivity index (χ4n) is 4.72. The summed E-state index contributed by atoms with van der Waals surface area (Å²) < 4.78 is 11.9. The first kappa shape index (κ1) is 30.4. The van der Waals surface area contributed by atoms with Gasteiger partial charge >= 0.3 is 0 Å². The molecule has 0 bridgehead atoms. The van der Waals surface area contributed by atoms with Crippen molar-refractivity contribution in [3.8, 4) is 39.7 Å². The van der Waals surface area contributed by atoms with Crippen molar-refractivity contribution < 1.29 is 24.2 Å². The van der Waals surface area contributed by atoms with Gasteiger partial charge < -0.3 is 19.4 Å². The Hall–Kier alpha value is -4.51. The van der Waals surface area contributed by atoms with Crippen LogP contribution in [0, 0.1) is 0 Å². The summed E-state index contributed by atoms with van der Waals surface area (Å²) in [5.74, 6) is 1.33. The van der Waals surface area contributed by atoms with Crippen LogP contribution in [-0.4, -0.2) is 22.6 Å². The average molecular weight is 565 g/mol. The predicted molar refractivity (Wildman–Crippen MR) is 171 cm³/mol. The van der Waals surface area contributed by atoms with Crippen LogP contribution in [0.15, 0.2) is 95.4 Å². The first-order chi connectivity index (χ1) is 20.4. The molecule has 5 aromatic rings. The Bertz CT molecular complexity index is 1560.